The van der Waals surface area contributed by atoms with Crippen LogP contribution in [0.3, 0.4) is 0 Å². The molecule has 0 aliphatic carbocycles. The van der Waals surface area contributed by atoms with Gasteiger partial charge in [0, 0.05) is 17.3 Å². The molecule has 6 nitrogen and oxygen atoms in total. The van der Waals surface area contributed by atoms with Gasteiger partial charge in [-0.3, -0.25) is 14.6 Å². The Morgan fingerprint density at radius 2 is 1.73 bits per heavy atom. The summed E-state index contributed by atoms with van der Waals surface area (Å²) >= 11 is 6.34. The van der Waals surface area contributed by atoms with Crippen molar-refractivity contribution in [2.45, 2.75) is 19.4 Å². The van der Waals surface area contributed by atoms with Gasteiger partial charge in [-0.15, -0.1) is 0 Å². The Morgan fingerprint density at radius 1 is 1.06 bits per heavy atom. The second-order valence-corrected chi connectivity index (χ2v) is 7.97. The number of rotatable bonds is 7. The molecule has 0 atom stereocenters. The van der Waals surface area contributed by atoms with E-state index in [-0.39, 0.29) is 16.7 Å². The maximum absolute atomic E-state index is 13.5. The summed E-state index contributed by atoms with van der Waals surface area (Å²) in [6, 6.07) is 10.6. The van der Waals surface area contributed by atoms with Crippen molar-refractivity contribution in [1.82, 2.24) is 15.3 Å². The number of carbonyl (C=O) groups excluding carboxylic acids is 2. The molecule has 0 spiro atoms. The molecule has 2 amide bonds. The van der Waals surface area contributed by atoms with Gasteiger partial charge in [-0.25, -0.2) is 9.37 Å². The molecule has 0 aliphatic rings. The molecule has 1 aromatic carbocycles. The van der Waals surface area contributed by atoms with Crippen LogP contribution in [0.15, 0.2) is 61.8 Å². The quantitative estimate of drug-likeness (QED) is 0.460. The highest BCUT2D eigenvalue weighted by Gasteiger charge is 2.32. The van der Waals surface area contributed by atoms with Crippen molar-refractivity contribution in [3.63, 3.8) is 0 Å². The van der Waals surface area contributed by atoms with Crippen molar-refractivity contribution < 1.29 is 14.0 Å². The van der Waals surface area contributed by atoms with Crippen molar-refractivity contribution >= 4 is 41.4 Å². The minimum atomic E-state index is -1.33. The Labute approximate surface area is 196 Å². The molecule has 0 radical (unpaired) electrons. The Hall–Kier alpha value is -3.84. The lowest BCUT2D eigenvalue weighted by molar-refractivity contribution is -0.121. The molecule has 3 rings (SSSR count). The van der Waals surface area contributed by atoms with E-state index in [0.717, 1.165) is 0 Å². The van der Waals surface area contributed by atoms with Crippen LogP contribution in [-0.2, 0) is 4.79 Å². The van der Waals surface area contributed by atoms with Crippen LogP contribution in [0.25, 0.3) is 23.3 Å². The van der Waals surface area contributed by atoms with Gasteiger partial charge in [0.25, 0.3) is 11.8 Å². The number of amides is 2. The molecular formula is C25H22ClFN4O2. The van der Waals surface area contributed by atoms with Gasteiger partial charge in [-0.1, -0.05) is 55.1 Å². The van der Waals surface area contributed by atoms with Crippen LogP contribution in [0.5, 0.6) is 0 Å². The fourth-order valence-electron chi connectivity index (χ4n) is 3.16. The number of benzene rings is 1. The first-order valence-corrected chi connectivity index (χ1v) is 10.3. The molecule has 0 saturated carbocycles. The van der Waals surface area contributed by atoms with Crippen molar-refractivity contribution in [3.05, 3.63) is 89.6 Å². The van der Waals surface area contributed by atoms with Crippen molar-refractivity contribution in [2.75, 3.05) is 5.32 Å². The van der Waals surface area contributed by atoms with Crippen LogP contribution >= 0.6 is 11.6 Å². The van der Waals surface area contributed by atoms with Gasteiger partial charge < -0.3 is 10.6 Å². The van der Waals surface area contributed by atoms with Crippen molar-refractivity contribution in [3.8, 4) is 11.1 Å². The first-order chi connectivity index (χ1) is 15.7. The lowest BCUT2D eigenvalue weighted by atomic mass is 9.96. The molecular weight excluding hydrogens is 443 g/mol. The molecule has 33 heavy (non-hydrogen) atoms. The first kappa shape index (κ1) is 23.8. The zero-order valence-electron chi connectivity index (χ0n) is 18.2. The maximum Gasteiger partial charge on any atom is 0.270 e. The minimum absolute atomic E-state index is 0.108. The van der Waals surface area contributed by atoms with Crippen LogP contribution in [0.1, 0.15) is 35.5 Å². The largest absolute Gasteiger partial charge is 0.337 e. The average molecular weight is 465 g/mol. The molecule has 2 heterocycles. The van der Waals surface area contributed by atoms with E-state index in [1.54, 1.807) is 50.3 Å². The van der Waals surface area contributed by atoms with Crippen LogP contribution in [0.2, 0.25) is 5.15 Å². The van der Waals surface area contributed by atoms with E-state index in [9.17, 15) is 14.0 Å². The molecule has 0 fully saturated rings. The van der Waals surface area contributed by atoms with Gasteiger partial charge in [-0.05, 0) is 49.2 Å². The standard InChI is InChI=1S/C25H22ClFN4O2/c1-5-17-18(6-2)21(26)29-22(20(17)15-10-12-16(27)13-11-15)30-24(33)25(3,4)31-23(32)19-9-7-8-14-28-19/h5-14H,1-2H2,3-4H3,(H,31,32)(H,29,30,33). The molecule has 168 valence electrons. The smallest absolute Gasteiger partial charge is 0.270 e. The molecule has 0 bridgehead atoms. The third-order valence-corrected chi connectivity index (χ3v) is 5.18. The van der Waals surface area contributed by atoms with Gasteiger partial charge in [-0.2, -0.15) is 0 Å². The van der Waals surface area contributed by atoms with Crippen LogP contribution in [0, 0.1) is 5.82 Å². The number of aromatic nitrogens is 2. The van der Waals surface area contributed by atoms with Gasteiger partial charge in [0.1, 0.15) is 28.0 Å². The maximum atomic E-state index is 13.5. The number of anilines is 1. The third-order valence-electron chi connectivity index (χ3n) is 4.89. The molecule has 2 N–H and O–H groups in total. The van der Waals surface area contributed by atoms with E-state index in [2.05, 4.69) is 33.8 Å². The second-order valence-electron chi connectivity index (χ2n) is 7.62. The van der Waals surface area contributed by atoms with Gasteiger partial charge >= 0.3 is 0 Å². The summed E-state index contributed by atoms with van der Waals surface area (Å²) in [5.74, 6) is -1.32. The monoisotopic (exact) mass is 464 g/mol. The molecule has 0 saturated heterocycles. The van der Waals surface area contributed by atoms with E-state index < -0.39 is 23.2 Å². The van der Waals surface area contributed by atoms with Crippen molar-refractivity contribution in [2.24, 2.45) is 0 Å². The topological polar surface area (TPSA) is 84.0 Å². The SMILES string of the molecule is C=Cc1c(Cl)nc(NC(=O)C(C)(C)NC(=O)c2ccccn2)c(-c2ccc(F)cc2)c1C=C. The van der Waals surface area contributed by atoms with Crippen molar-refractivity contribution in [1.29, 1.82) is 0 Å². The molecule has 2 aromatic heterocycles. The number of carbonyl (C=O) groups is 2. The lowest BCUT2D eigenvalue weighted by Gasteiger charge is -2.26. The van der Waals surface area contributed by atoms with E-state index in [4.69, 9.17) is 11.6 Å². The number of nitrogens with one attached hydrogen (secondary N) is 2. The normalized spacial score (nSPS) is 10.9. The first-order valence-electron chi connectivity index (χ1n) is 9.97. The summed E-state index contributed by atoms with van der Waals surface area (Å²) in [5, 5.41) is 5.51. The highest BCUT2D eigenvalue weighted by Crippen LogP contribution is 2.37. The molecule has 8 heteroatoms. The van der Waals surface area contributed by atoms with Gasteiger partial charge in [0.05, 0.1) is 0 Å². The Kier molecular flexibility index (Phi) is 7.04. The van der Waals surface area contributed by atoms with Gasteiger partial charge in [0.15, 0.2) is 0 Å². The van der Waals surface area contributed by atoms with Gasteiger partial charge in [0.2, 0.25) is 0 Å². The number of halogens is 2. The summed E-state index contributed by atoms with van der Waals surface area (Å²) in [5.41, 5.74) is 1.02. The lowest BCUT2D eigenvalue weighted by Crippen LogP contribution is -2.52. The Morgan fingerprint density at radius 3 is 2.30 bits per heavy atom. The summed E-state index contributed by atoms with van der Waals surface area (Å²) < 4.78 is 13.5. The number of hydrogen-bond donors (Lipinski definition) is 2. The summed E-state index contributed by atoms with van der Waals surface area (Å²) in [7, 11) is 0. The number of pyridine rings is 2. The van der Waals surface area contributed by atoms with Crippen LogP contribution in [-0.4, -0.2) is 27.3 Å². The average Bonchev–Trinajstić information content (AvgIpc) is 2.79. The summed E-state index contributed by atoms with van der Waals surface area (Å²) in [6.07, 6.45) is 4.58. The number of hydrogen-bond acceptors (Lipinski definition) is 4. The predicted molar refractivity (Wildman–Crippen MR) is 129 cm³/mol. The molecule has 3 aromatic rings. The fraction of sp³-hybridized carbons (Fsp3) is 0.120. The Bertz CT molecular complexity index is 1230. The molecule has 0 aliphatic heterocycles. The fourth-order valence-corrected chi connectivity index (χ4v) is 3.42. The number of nitrogens with zero attached hydrogens (tertiary/aromatic N) is 2. The van der Waals surface area contributed by atoms with E-state index >= 15 is 0 Å². The van der Waals surface area contributed by atoms with Crippen LogP contribution < -0.4 is 10.6 Å². The molecule has 0 unspecified atom stereocenters. The van der Waals surface area contributed by atoms with E-state index in [0.29, 0.717) is 22.3 Å². The second kappa shape index (κ2) is 9.75. The van der Waals surface area contributed by atoms with E-state index in [1.807, 2.05) is 0 Å². The predicted octanol–water partition coefficient (Wildman–Crippen LogP) is 5.37. The zero-order valence-corrected chi connectivity index (χ0v) is 18.9. The van der Waals surface area contributed by atoms with Crippen LogP contribution in [0.4, 0.5) is 10.2 Å². The summed E-state index contributed by atoms with van der Waals surface area (Å²) in [6.45, 7) is 10.7. The summed E-state index contributed by atoms with van der Waals surface area (Å²) in [4.78, 5) is 34.0. The van der Waals surface area contributed by atoms with E-state index in [1.165, 1.54) is 24.4 Å². The Balaban J connectivity index is 2.01. The zero-order chi connectivity index (χ0) is 24.2. The highest BCUT2D eigenvalue weighted by molar-refractivity contribution is 6.31. The third kappa shape index (κ3) is 5.15. The highest BCUT2D eigenvalue weighted by atomic mass is 35.5. The minimum Gasteiger partial charge on any atom is -0.337 e.